The van der Waals surface area contributed by atoms with Crippen molar-refractivity contribution < 1.29 is 4.74 Å². The monoisotopic (exact) mass is 262 g/mol. The molecule has 2 atom stereocenters. The SMILES string of the molecule is Cc1ccc(C(N)=S)c(N2CC3CCC(C2)O3)c1. The highest BCUT2D eigenvalue weighted by molar-refractivity contribution is 7.80. The summed E-state index contributed by atoms with van der Waals surface area (Å²) in [5.74, 6) is 0. The van der Waals surface area contributed by atoms with E-state index in [2.05, 4.69) is 24.0 Å². The summed E-state index contributed by atoms with van der Waals surface area (Å²) in [6, 6.07) is 6.27. The Morgan fingerprint density at radius 2 is 2.00 bits per heavy atom. The zero-order valence-electron chi connectivity index (χ0n) is 10.6. The largest absolute Gasteiger partial charge is 0.389 e. The lowest BCUT2D eigenvalue weighted by atomic mass is 10.1. The van der Waals surface area contributed by atoms with Crippen molar-refractivity contribution in [3.05, 3.63) is 29.3 Å². The van der Waals surface area contributed by atoms with Crippen LogP contribution in [0.15, 0.2) is 18.2 Å². The summed E-state index contributed by atoms with van der Waals surface area (Å²) in [6.07, 6.45) is 3.11. The van der Waals surface area contributed by atoms with Gasteiger partial charge >= 0.3 is 0 Å². The predicted molar refractivity (Wildman–Crippen MR) is 77.2 cm³/mol. The molecule has 3 nitrogen and oxygen atoms in total. The third kappa shape index (κ3) is 2.10. The van der Waals surface area contributed by atoms with Crippen LogP contribution in [0.4, 0.5) is 5.69 Å². The summed E-state index contributed by atoms with van der Waals surface area (Å²) in [5.41, 5.74) is 9.22. The van der Waals surface area contributed by atoms with Crippen molar-refractivity contribution in [1.29, 1.82) is 0 Å². The van der Waals surface area contributed by atoms with Gasteiger partial charge in [0, 0.05) is 24.3 Å². The van der Waals surface area contributed by atoms with Gasteiger partial charge in [-0.05, 0) is 37.5 Å². The maximum absolute atomic E-state index is 5.87. The molecule has 1 aromatic rings. The molecule has 2 bridgehead atoms. The fourth-order valence-corrected chi connectivity index (χ4v) is 3.10. The number of nitrogens with two attached hydrogens (primary N) is 1. The van der Waals surface area contributed by atoms with Crippen LogP contribution in [-0.4, -0.2) is 30.3 Å². The fourth-order valence-electron chi connectivity index (χ4n) is 2.92. The Labute approximate surface area is 113 Å². The Morgan fingerprint density at radius 1 is 1.33 bits per heavy atom. The normalized spacial score (nSPS) is 26.4. The summed E-state index contributed by atoms with van der Waals surface area (Å²) in [4.78, 5) is 2.86. The Morgan fingerprint density at radius 3 is 2.61 bits per heavy atom. The lowest BCUT2D eigenvalue weighted by Crippen LogP contribution is -2.43. The van der Waals surface area contributed by atoms with Crippen molar-refractivity contribution in [1.82, 2.24) is 0 Å². The van der Waals surface area contributed by atoms with Gasteiger partial charge < -0.3 is 15.4 Å². The third-order valence-electron chi connectivity index (χ3n) is 3.80. The molecule has 2 aliphatic heterocycles. The van der Waals surface area contributed by atoms with Crippen LogP contribution < -0.4 is 10.6 Å². The first-order chi connectivity index (χ1) is 8.63. The highest BCUT2D eigenvalue weighted by atomic mass is 32.1. The second-order valence-electron chi connectivity index (χ2n) is 5.25. The molecule has 2 fully saturated rings. The number of morpholine rings is 1. The molecule has 0 radical (unpaired) electrons. The van der Waals surface area contributed by atoms with Crippen LogP contribution in [0, 0.1) is 6.92 Å². The van der Waals surface area contributed by atoms with Crippen LogP contribution in [0.1, 0.15) is 24.0 Å². The lowest BCUT2D eigenvalue weighted by Gasteiger charge is -2.35. The first-order valence-corrected chi connectivity index (χ1v) is 6.85. The number of fused-ring (bicyclic) bond motifs is 2. The number of hydrogen-bond acceptors (Lipinski definition) is 3. The molecule has 2 heterocycles. The Balaban J connectivity index is 1.95. The highest BCUT2D eigenvalue weighted by Crippen LogP contribution is 2.31. The number of benzene rings is 1. The van der Waals surface area contributed by atoms with E-state index in [4.69, 9.17) is 22.7 Å². The van der Waals surface area contributed by atoms with Gasteiger partial charge in [0.05, 0.1) is 12.2 Å². The number of hydrogen-bond donors (Lipinski definition) is 1. The number of thiocarbonyl (C=S) groups is 1. The van der Waals surface area contributed by atoms with E-state index < -0.39 is 0 Å². The smallest absolute Gasteiger partial charge is 0.106 e. The van der Waals surface area contributed by atoms with Gasteiger partial charge in [0.1, 0.15) is 4.99 Å². The number of ether oxygens (including phenoxy) is 1. The number of nitrogens with zero attached hydrogens (tertiary/aromatic N) is 1. The van der Waals surface area contributed by atoms with Gasteiger partial charge in [-0.25, -0.2) is 0 Å². The minimum atomic E-state index is 0.378. The van der Waals surface area contributed by atoms with Crippen LogP contribution >= 0.6 is 12.2 Å². The minimum absolute atomic E-state index is 0.378. The lowest BCUT2D eigenvalue weighted by molar-refractivity contribution is 0.0305. The molecule has 0 saturated carbocycles. The maximum Gasteiger partial charge on any atom is 0.106 e. The van der Waals surface area contributed by atoms with Crippen molar-refractivity contribution in [2.75, 3.05) is 18.0 Å². The van der Waals surface area contributed by atoms with Gasteiger partial charge in [0.2, 0.25) is 0 Å². The summed E-state index contributed by atoms with van der Waals surface area (Å²) in [6.45, 7) is 4.01. The molecule has 2 saturated heterocycles. The molecule has 96 valence electrons. The predicted octanol–water partition coefficient (Wildman–Crippen LogP) is 2.00. The van der Waals surface area contributed by atoms with Crippen LogP contribution in [0.25, 0.3) is 0 Å². The topological polar surface area (TPSA) is 38.5 Å². The van der Waals surface area contributed by atoms with Crippen LogP contribution in [0.2, 0.25) is 0 Å². The van der Waals surface area contributed by atoms with E-state index in [1.54, 1.807) is 0 Å². The molecule has 1 aromatic carbocycles. The first-order valence-electron chi connectivity index (χ1n) is 6.44. The fraction of sp³-hybridized carbons (Fsp3) is 0.500. The van der Waals surface area contributed by atoms with E-state index in [1.807, 2.05) is 6.07 Å². The second kappa shape index (κ2) is 4.52. The molecule has 4 heteroatoms. The molecule has 0 spiro atoms. The van der Waals surface area contributed by atoms with E-state index in [0.717, 1.165) is 18.7 Å². The van der Waals surface area contributed by atoms with E-state index >= 15 is 0 Å². The average molecular weight is 262 g/mol. The second-order valence-corrected chi connectivity index (χ2v) is 5.69. The molecule has 2 unspecified atom stereocenters. The highest BCUT2D eigenvalue weighted by Gasteiger charge is 2.34. The molecule has 2 N–H and O–H groups in total. The van der Waals surface area contributed by atoms with E-state index in [1.165, 1.54) is 24.1 Å². The van der Waals surface area contributed by atoms with Gasteiger partial charge in [-0.15, -0.1) is 0 Å². The van der Waals surface area contributed by atoms with E-state index in [-0.39, 0.29) is 0 Å². The molecule has 3 rings (SSSR count). The third-order valence-corrected chi connectivity index (χ3v) is 4.02. The van der Waals surface area contributed by atoms with Gasteiger partial charge in [-0.3, -0.25) is 0 Å². The molecule has 0 aromatic heterocycles. The van der Waals surface area contributed by atoms with Gasteiger partial charge in [-0.1, -0.05) is 18.3 Å². The van der Waals surface area contributed by atoms with Crippen molar-refractivity contribution in [2.24, 2.45) is 5.73 Å². The van der Waals surface area contributed by atoms with E-state index in [0.29, 0.717) is 17.2 Å². The summed E-state index contributed by atoms with van der Waals surface area (Å²) in [7, 11) is 0. The number of rotatable bonds is 2. The van der Waals surface area contributed by atoms with Crippen molar-refractivity contribution in [3.63, 3.8) is 0 Å². The zero-order valence-corrected chi connectivity index (χ0v) is 11.4. The molecule has 0 aliphatic carbocycles. The van der Waals surface area contributed by atoms with Crippen molar-refractivity contribution >= 4 is 22.9 Å². The summed E-state index contributed by atoms with van der Waals surface area (Å²) in [5, 5.41) is 0. The number of aryl methyl sites for hydroxylation is 1. The number of anilines is 1. The molecule has 2 aliphatic rings. The Kier molecular flexibility index (Phi) is 2.99. The molecular formula is C14H18N2OS. The van der Waals surface area contributed by atoms with Crippen LogP contribution in [0.3, 0.4) is 0 Å². The summed E-state index contributed by atoms with van der Waals surface area (Å²) >= 11 is 5.16. The average Bonchev–Trinajstić information content (AvgIpc) is 2.67. The molecule has 0 amide bonds. The standard InChI is InChI=1S/C14H18N2OS/c1-9-2-5-12(14(15)18)13(6-9)16-7-10-3-4-11(8-16)17-10/h2,5-6,10-11H,3-4,7-8H2,1H3,(H2,15,18). The zero-order chi connectivity index (χ0) is 12.7. The van der Waals surface area contributed by atoms with Gasteiger partial charge in [0.25, 0.3) is 0 Å². The van der Waals surface area contributed by atoms with Crippen LogP contribution in [0.5, 0.6) is 0 Å². The van der Waals surface area contributed by atoms with Crippen LogP contribution in [-0.2, 0) is 4.74 Å². The van der Waals surface area contributed by atoms with Gasteiger partial charge in [-0.2, -0.15) is 0 Å². The summed E-state index contributed by atoms with van der Waals surface area (Å²) < 4.78 is 5.87. The Hall–Kier alpha value is -1.13. The molecular weight excluding hydrogens is 244 g/mol. The Bertz CT molecular complexity index is 477. The minimum Gasteiger partial charge on any atom is -0.389 e. The first kappa shape index (κ1) is 11.9. The quantitative estimate of drug-likeness (QED) is 0.827. The van der Waals surface area contributed by atoms with Gasteiger partial charge in [0.15, 0.2) is 0 Å². The molecule has 18 heavy (non-hydrogen) atoms. The van der Waals surface area contributed by atoms with Crippen molar-refractivity contribution in [3.8, 4) is 0 Å². The maximum atomic E-state index is 5.87. The van der Waals surface area contributed by atoms with E-state index in [9.17, 15) is 0 Å². The van der Waals surface area contributed by atoms with Crippen molar-refractivity contribution in [2.45, 2.75) is 32.0 Å².